The van der Waals surface area contributed by atoms with E-state index in [0.29, 0.717) is 12.5 Å². The summed E-state index contributed by atoms with van der Waals surface area (Å²) in [5.74, 6) is 0.198. The van der Waals surface area contributed by atoms with Crippen LogP contribution in [0.2, 0.25) is 0 Å². The van der Waals surface area contributed by atoms with Gasteiger partial charge in [0.25, 0.3) is 0 Å². The zero-order valence-corrected chi connectivity index (χ0v) is 19.0. The highest BCUT2D eigenvalue weighted by atomic mass is 16.5. The summed E-state index contributed by atoms with van der Waals surface area (Å²) in [5.41, 5.74) is 1.16. The van der Waals surface area contributed by atoms with E-state index in [1.54, 1.807) is 0 Å². The van der Waals surface area contributed by atoms with Gasteiger partial charge >= 0.3 is 6.03 Å². The van der Waals surface area contributed by atoms with E-state index in [1.807, 2.05) is 18.2 Å². The lowest BCUT2D eigenvalue weighted by molar-refractivity contribution is -0.122. The normalized spacial score (nSPS) is 23.3. The molecule has 7 nitrogen and oxygen atoms in total. The average Bonchev–Trinajstić information content (AvgIpc) is 2.76. The molecule has 1 saturated heterocycles. The molecule has 0 bridgehead atoms. The highest BCUT2D eigenvalue weighted by Crippen LogP contribution is 2.23. The molecule has 2 fully saturated rings. The van der Waals surface area contributed by atoms with Gasteiger partial charge in [-0.15, -0.1) is 0 Å². The van der Waals surface area contributed by atoms with Crippen LogP contribution < -0.4 is 10.6 Å². The standard InChI is InChI=1S/C24H38N4O3/c1-19-8-6-7-11-22(19)25-24(30)26-23(29)18-28(17-21-9-4-3-5-10-21)20(2)16-27-12-14-31-15-13-27/h3-5,9-10,19-20,22H,6-8,11-18H2,1-2H3,(H2,25,26,29,30). The Morgan fingerprint density at radius 2 is 1.87 bits per heavy atom. The second-order valence-corrected chi connectivity index (χ2v) is 9.04. The Balaban J connectivity index is 1.55. The number of morpholine rings is 1. The zero-order chi connectivity index (χ0) is 22.1. The van der Waals surface area contributed by atoms with Crippen molar-refractivity contribution in [3.05, 3.63) is 35.9 Å². The number of carbonyl (C=O) groups excluding carboxylic acids is 2. The van der Waals surface area contributed by atoms with E-state index >= 15 is 0 Å². The van der Waals surface area contributed by atoms with Gasteiger partial charge in [0.15, 0.2) is 0 Å². The van der Waals surface area contributed by atoms with Gasteiger partial charge in [-0.1, -0.05) is 50.1 Å². The lowest BCUT2D eigenvalue weighted by Crippen LogP contribution is -2.52. The van der Waals surface area contributed by atoms with Crippen molar-refractivity contribution in [1.29, 1.82) is 0 Å². The molecule has 3 unspecified atom stereocenters. The van der Waals surface area contributed by atoms with E-state index in [0.717, 1.165) is 57.7 Å². The number of benzene rings is 1. The predicted molar refractivity (Wildman–Crippen MR) is 122 cm³/mol. The molecule has 1 aromatic rings. The molecular formula is C24H38N4O3. The second kappa shape index (κ2) is 12.2. The largest absolute Gasteiger partial charge is 0.379 e. The van der Waals surface area contributed by atoms with Gasteiger partial charge in [0, 0.05) is 38.3 Å². The first-order valence-electron chi connectivity index (χ1n) is 11.7. The fourth-order valence-electron chi connectivity index (χ4n) is 4.54. The van der Waals surface area contributed by atoms with Gasteiger partial charge in [-0.3, -0.25) is 19.9 Å². The number of hydrogen-bond acceptors (Lipinski definition) is 5. The fourth-order valence-corrected chi connectivity index (χ4v) is 4.54. The summed E-state index contributed by atoms with van der Waals surface area (Å²) in [7, 11) is 0. The van der Waals surface area contributed by atoms with Gasteiger partial charge < -0.3 is 10.1 Å². The van der Waals surface area contributed by atoms with Crippen LogP contribution in [0.3, 0.4) is 0 Å². The van der Waals surface area contributed by atoms with Gasteiger partial charge in [0.1, 0.15) is 0 Å². The molecule has 2 aliphatic rings. The van der Waals surface area contributed by atoms with Crippen molar-refractivity contribution < 1.29 is 14.3 Å². The molecule has 0 radical (unpaired) electrons. The van der Waals surface area contributed by atoms with Gasteiger partial charge in [0.2, 0.25) is 5.91 Å². The first kappa shape index (κ1) is 23.7. The van der Waals surface area contributed by atoms with Crippen molar-refractivity contribution >= 4 is 11.9 Å². The maximum Gasteiger partial charge on any atom is 0.321 e. The molecule has 172 valence electrons. The maximum absolute atomic E-state index is 12.7. The Kier molecular flexibility index (Phi) is 9.31. The van der Waals surface area contributed by atoms with E-state index in [9.17, 15) is 9.59 Å². The number of imide groups is 1. The molecule has 1 saturated carbocycles. The Labute approximate surface area is 186 Å². The summed E-state index contributed by atoms with van der Waals surface area (Å²) in [4.78, 5) is 29.7. The lowest BCUT2D eigenvalue weighted by Gasteiger charge is -2.35. The molecule has 1 aromatic carbocycles. The topological polar surface area (TPSA) is 73.9 Å². The summed E-state index contributed by atoms with van der Waals surface area (Å²) < 4.78 is 5.45. The molecule has 7 heteroatoms. The lowest BCUT2D eigenvalue weighted by atomic mass is 9.86. The molecule has 1 heterocycles. The summed E-state index contributed by atoms with van der Waals surface area (Å²) in [6.07, 6.45) is 4.46. The van der Waals surface area contributed by atoms with Crippen LogP contribution in [0.4, 0.5) is 4.79 Å². The third-order valence-corrected chi connectivity index (χ3v) is 6.51. The third-order valence-electron chi connectivity index (χ3n) is 6.51. The second-order valence-electron chi connectivity index (χ2n) is 9.04. The van der Waals surface area contributed by atoms with Gasteiger partial charge in [0.05, 0.1) is 19.8 Å². The maximum atomic E-state index is 12.7. The SMILES string of the molecule is CC1CCCCC1NC(=O)NC(=O)CN(Cc1ccccc1)C(C)CN1CCOCC1. The van der Waals surface area contributed by atoms with Crippen LogP contribution in [0.25, 0.3) is 0 Å². The molecule has 1 aliphatic carbocycles. The number of rotatable bonds is 8. The molecule has 31 heavy (non-hydrogen) atoms. The summed E-state index contributed by atoms with van der Waals surface area (Å²) in [6, 6.07) is 10.1. The van der Waals surface area contributed by atoms with Crippen LogP contribution in [0, 0.1) is 5.92 Å². The van der Waals surface area contributed by atoms with E-state index < -0.39 is 0 Å². The molecule has 0 aromatic heterocycles. The van der Waals surface area contributed by atoms with Crippen LogP contribution in [0.1, 0.15) is 45.1 Å². The number of hydrogen-bond donors (Lipinski definition) is 2. The molecule has 1 aliphatic heterocycles. The van der Waals surface area contributed by atoms with E-state index in [2.05, 4.69) is 46.4 Å². The minimum Gasteiger partial charge on any atom is -0.379 e. The molecular weight excluding hydrogens is 392 g/mol. The molecule has 0 spiro atoms. The molecule has 3 amide bonds. The van der Waals surface area contributed by atoms with Crippen LogP contribution in [-0.2, 0) is 16.1 Å². The van der Waals surface area contributed by atoms with Crippen molar-refractivity contribution in [2.45, 2.75) is 58.2 Å². The number of nitrogens with zero attached hydrogens (tertiary/aromatic N) is 2. The summed E-state index contributed by atoms with van der Waals surface area (Å²) in [5, 5.41) is 5.56. The van der Waals surface area contributed by atoms with Crippen molar-refractivity contribution in [2.75, 3.05) is 39.4 Å². The first-order valence-corrected chi connectivity index (χ1v) is 11.7. The van der Waals surface area contributed by atoms with Gasteiger partial charge in [-0.05, 0) is 31.2 Å². The molecule has 2 N–H and O–H groups in total. The van der Waals surface area contributed by atoms with Crippen LogP contribution in [-0.4, -0.2) is 73.2 Å². The summed E-state index contributed by atoms with van der Waals surface area (Å²) >= 11 is 0. The van der Waals surface area contributed by atoms with E-state index in [1.165, 1.54) is 6.42 Å². The van der Waals surface area contributed by atoms with Gasteiger partial charge in [-0.2, -0.15) is 0 Å². The predicted octanol–water partition coefficient (Wildman–Crippen LogP) is 2.61. The number of carbonyl (C=O) groups is 2. The minimum atomic E-state index is -0.371. The Hall–Kier alpha value is -1.96. The van der Waals surface area contributed by atoms with Crippen LogP contribution in [0.15, 0.2) is 30.3 Å². The molecule has 3 atom stereocenters. The third kappa shape index (κ3) is 7.91. The Bertz CT molecular complexity index is 693. The van der Waals surface area contributed by atoms with Crippen molar-refractivity contribution in [1.82, 2.24) is 20.4 Å². The fraction of sp³-hybridized carbons (Fsp3) is 0.667. The Morgan fingerprint density at radius 1 is 1.16 bits per heavy atom. The van der Waals surface area contributed by atoms with E-state index in [-0.39, 0.29) is 30.6 Å². The van der Waals surface area contributed by atoms with Crippen LogP contribution >= 0.6 is 0 Å². The first-order chi connectivity index (χ1) is 15.0. The highest BCUT2D eigenvalue weighted by Gasteiger charge is 2.25. The van der Waals surface area contributed by atoms with Crippen molar-refractivity contribution in [2.24, 2.45) is 5.92 Å². The number of ether oxygens (including phenoxy) is 1. The Morgan fingerprint density at radius 3 is 2.58 bits per heavy atom. The molecule has 3 rings (SSSR count). The van der Waals surface area contributed by atoms with Crippen molar-refractivity contribution in [3.63, 3.8) is 0 Å². The quantitative estimate of drug-likeness (QED) is 0.663. The zero-order valence-electron chi connectivity index (χ0n) is 19.0. The summed E-state index contributed by atoms with van der Waals surface area (Å²) in [6.45, 7) is 9.38. The van der Waals surface area contributed by atoms with Crippen molar-refractivity contribution in [3.8, 4) is 0 Å². The van der Waals surface area contributed by atoms with Gasteiger partial charge in [-0.25, -0.2) is 4.79 Å². The smallest absolute Gasteiger partial charge is 0.321 e. The highest BCUT2D eigenvalue weighted by molar-refractivity contribution is 5.95. The van der Waals surface area contributed by atoms with E-state index in [4.69, 9.17) is 4.74 Å². The number of nitrogens with one attached hydrogen (secondary N) is 2. The minimum absolute atomic E-state index is 0.155. The number of urea groups is 1. The monoisotopic (exact) mass is 430 g/mol. The number of amides is 3. The average molecular weight is 431 g/mol. The van der Waals surface area contributed by atoms with Crippen LogP contribution in [0.5, 0.6) is 0 Å².